The Labute approximate surface area is 143 Å². The smallest absolute Gasteiger partial charge is 0.371 e. The Kier molecular flexibility index (Phi) is 10.1. The highest BCUT2D eigenvalue weighted by Gasteiger charge is 2.45. The fraction of sp³-hybridized carbons (Fsp3) is 0.846. The number of nitrogens with zero attached hydrogens (tertiary/aromatic N) is 2. The lowest BCUT2D eigenvalue weighted by Gasteiger charge is -2.14. The Bertz CT molecular complexity index is 521. The van der Waals surface area contributed by atoms with Gasteiger partial charge >= 0.3 is 16.4 Å². The zero-order chi connectivity index (χ0) is 17.9. The van der Waals surface area contributed by atoms with E-state index in [2.05, 4.69) is 5.09 Å². The van der Waals surface area contributed by atoms with Gasteiger partial charge in [0.15, 0.2) is 0 Å². The second-order valence-electron chi connectivity index (χ2n) is 5.15. The lowest BCUT2D eigenvalue weighted by molar-refractivity contribution is 0.0149. The van der Waals surface area contributed by atoms with E-state index in [0.717, 1.165) is 0 Å². The van der Waals surface area contributed by atoms with Gasteiger partial charge in [-0.1, -0.05) is 12.0 Å². The molecule has 0 amide bonds. The number of hydrogen-bond acceptors (Lipinski definition) is 8. The molecule has 2 unspecified atom stereocenters. The number of rotatable bonds is 11. The van der Waals surface area contributed by atoms with Crippen molar-refractivity contribution in [1.29, 1.82) is 10.5 Å². The standard InChI is InChI=1S/C13H21N3O6P2/c1-10-11(2)22-12(9-21-24(18)20-8-4-6-15)13(10)16-23(17)19-7-3-5-14/h10-13H,3-4,7-9H2,1-2H3,(H,16,17)/q+2/t10-,11-,12+,13-/m0/s1. The molecule has 1 rings (SSSR count). The largest absolute Gasteiger partial charge is 0.697 e. The third-order valence-corrected chi connectivity index (χ3v) is 5.21. The van der Waals surface area contributed by atoms with Crippen molar-refractivity contribution >= 4 is 16.4 Å². The molecule has 1 aliphatic rings. The van der Waals surface area contributed by atoms with E-state index in [9.17, 15) is 9.13 Å². The zero-order valence-corrected chi connectivity index (χ0v) is 15.4. The molecule has 0 aromatic heterocycles. The van der Waals surface area contributed by atoms with E-state index in [1.165, 1.54) is 0 Å². The molecular formula is C13H21N3O6P2+2. The number of nitriles is 2. The first-order valence-electron chi connectivity index (χ1n) is 7.48. The number of nitrogens with one attached hydrogen (secondary N) is 1. The van der Waals surface area contributed by atoms with Gasteiger partial charge < -0.3 is 4.74 Å². The second kappa shape index (κ2) is 11.5. The summed E-state index contributed by atoms with van der Waals surface area (Å²) in [6, 6.07) is 3.46. The van der Waals surface area contributed by atoms with Crippen molar-refractivity contribution in [3.05, 3.63) is 0 Å². The minimum atomic E-state index is -2.34. The van der Waals surface area contributed by atoms with Crippen LogP contribution in [0.3, 0.4) is 0 Å². The van der Waals surface area contributed by atoms with E-state index < -0.39 is 22.5 Å². The number of hydrogen-bond donors (Lipinski definition) is 1. The summed E-state index contributed by atoms with van der Waals surface area (Å²) in [5, 5.41) is 19.7. The van der Waals surface area contributed by atoms with Crippen LogP contribution in [-0.4, -0.2) is 38.1 Å². The zero-order valence-electron chi connectivity index (χ0n) is 13.6. The Morgan fingerprint density at radius 2 is 1.71 bits per heavy atom. The third kappa shape index (κ3) is 7.25. The molecule has 1 N–H and O–H groups in total. The molecule has 132 valence electrons. The van der Waals surface area contributed by atoms with Crippen LogP contribution in [0.5, 0.6) is 0 Å². The predicted octanol–water partition coefficient (Wildman–Crippen LogP) is 2.56. The highest BCUT2D eigenvalue weighted by atomic mass is 31.1. The molecule has 1 saturated heterocycles. The van der Waals surface area contributed by atoms with Gasteiger partial charge in [-0.15, -0.1) is 13.6 Å². The van der Waals surface area contributed by atoms with Gasteiger partial charge in [-0.05, 0) is 11.5 Å². The van der Waals surface area contributed by atoms with Crippen LogP contribution in [0.25, 0.3) is 0 Å². The average Bonchev–Trinajstić information content (AvgIpc) is 2.81. The fourth-order valence-corrected chi connectivity index (χ4v) is 3.69. The molecule has 0 aromatic carbocycles. The van der Waals surface area contributed by atoms with Crippen molar-refractivity contribution in [2.45, 2.75) is 44.9 Å². The van der Waals surface area contributed by atoms with E-state index >= 15 is 0 Å². The van der Waals surface area contributed by atoms with E-state index in [-0.39, 0.29) is 50.7 Å². The quantitative estimate of drug-likeness (QED) is 0.426. The fourth-order valence-electron chi connectivity index (χ4n) is 2.13. The molecule has 0 radical (unpaired) electrons. The lowest BCUT2D eigenvalue weighted by Crippen LogP contribution is -2.39. The van der Waals surface area contributed by atoms with Crippen LogP contribution in [0.15, 0.2) is 0 Å². The van der Waals surface area contributed by atoms with Crippen molar-refractivity contribution in [2.75, 3.05) is 19.8 Å². The van der Waals surface area contributed by atoms with Crippen LogP contribution in [0.4, 0.5) is 0 Å². The van der Waals surface area contributed by atoms with Crippen LogP contribution in [-0.2, 0) is 27.4 Å². The molecule has 6 atom stereocenters. The van der Waals surface area contributed by atoms with Crippen LogP contribution in [0.1, 0.15) is 26.7 Å². The summed E-state index contributed by atoms with van der Waals surface area (Å²) >= 11 is 0. The summed E-state index contributed by atoms with van der Waals surface area (Å²) in [4.78, 5) is 0. The monoisotopic (exact) mass is 377 g/mol. The molecule has 1 aliphatic heterocycles. The van der Waals surface area contributed by atoms with Crippen LogP contribution < -0.4 is 5.09 Å². The maximum Gasteiger partial charge on any atom is 0.697 e. The van der Waals surface area contributed by atoms with Crippen LogP contribution >= 0.6 is 16.4 Å². The highest BCUT2D eigenvalue weighted by molar-refractivity contribution is 7.36. The minimum Gasteiger partial charge on any atom is -0.371 e. The number of ether oxygens (including phenoxy) is 1. The summed E-state index contributed by atoms with van der Waals surface area (Å²) in [7, 11) is -4.48. The van der Waals surface area contributed by atoms with E-state index in [0.29, 0.717) is 0 Å². The molecule has 1 heterocycles. The lowest BCUT2D eigenvalue weighted by atomic mass is 9.98. The Morgan fingerprint density at radius 3 is 2.33 bits per heavy atom. The topological polar surface area (TPSA) is 131 Å². The van der Waals surface area contributed by atoms with E-state index in [1.54, 1.807) is 0 Å². The summed E-state index contributed by atoms with van der Waals surface area (Å²) in [6.07, 6.45) is -0.283. The second-order valence-corrected chi connectivity index (χ2v) is 7.15. The van der Waals surface area contributed by atoms with Crippen molar-refractivity contribution in [3.8, 4) is 12.1 Å². The van der Waals surface area contributed by atoms with Gasteiger partial charge in [0.2, 0.25) is 0 Å². The van der Waals surface area contributed by atoms with Gasteiger partial charge in [-0.3, -0.25) is 0 Å². The van der Waals surface area contributed by atoms with Gasteiger partial charge in [0.25, 0.3) is 0 Å². The molecule has 9 nitrogen and oxygen atoms in total. The molecule has 24 heavy (non-hydrogen) atoms. The Balaban J connectivity index is 2.46. The summed E-state index contributed by atoms with van der Waals surface area (Å²) in [5.41, 5.74) is 0. The first-order chi connectivity index (χ1) is 11.5. The predicted molar refractivity (Wildman–Crippen MR) is 84.0 cm³/mol. The SMILES string of the molecule is C[C@@H]1[C@H](N[P+](=O)OCCC#N)[C@@H](CO[P+](=O)OCCC#N)O[C@H]1C. The van der Waals surface area contributed by atoms with E-state index in [1.807, 2.05) is 26.0 Å². The van der Waals surface area contributed by atoms with Crippen molar-refractivity contribution in [1.82, 2.24) is 5.09 Å². The summed E-state index contributed by atoms with van der Waals surface area (Å²) in [6.45, 7) is 3.92. The minimum absolute atomic E-state index is 0.00449. The molecular weight excluding hydrogens is 356 g/mol. The molecule has 0 saturated carbocycles. The summed E-state index contributed by atoms with van der Waals surface area (Å²) in [5.74, 6) is 0.0366. The highest BCUT2D eigenvalue weighted by Crippen LogP contribution is 2.33. The molecule has 0 aromatic rings. The van der Waals surface area contributed by atoms with Gasteiger partial charge in [0, 0.05) is 10.5 Å². The van der Waals surface area contributed by atoms with Gasteiger partial charge in [-0.2, -0.15) is 10.5 Å². The molecule has 0 bridgehead atoms. The van der Waals surface area contributed by atoms with Crippen molar-refractivity contribution in [2.24, 2.45) is 5.92 Å². The maximum absolute atomic E-state index is 11.9. The first-order valence-corrected chi connectivity index (χ1v) is 9.75. The van der Waals surface area contributed by atoms with Gasteiger partial charge in [0.05, 0.1) is 37.1 Å². The van der Waals surface area contributed by atoms with Crippen molar-refractivity contribution in [3.63, 3.8) is 0 Å². The Morgan fingerprint density at radius 1 is 1.08 bits per heavy atom. The molecule has 0 spiro atoms. The van der Waals surface area contributed by atoms with Gasteiger partial charge in [-0.25, -0.2) is 0 Å². The van der Waals surface area contributed by atoms with Gasteiger partial charge in [0.1, 0.15) is 25.9 Å². The molecule has 1 fully saturated rings. The third-order valence-electron chi connectivity index (χ3n) is 3.53. The first kappa shape index (κ1) is 21.0. The van der Waals surface area contributed by atoms with Crippen molar-refractivity contribution < 1.29 is 27.4 Å². The van der Waals surface area contributed by atoms with Crippen LogP contribution in [0, 0.1) is 28.6 Å². The average molecular weight is 377 g/mol. The van der Waals surface area contributed by atoms with Crippen LogP contribution in [0.2, 0.25) is 0 Å². The van der Waals surface area contributed by atoms with E-state index in [4.69, 9.17) is 28.8 Å². The summed E-state index contributed by atoms with van der Waals surface area (Å²) < 4.78 is 44.2. The normalized spacial score (nSPS) is 27.3. The maximum atomic E-state index is 11.9. The Hall–Kier alpha value is -1.02. The molecule has 11 heteroatoms. The molecule has 0 aliphatic carbocycles.